The Labute approximate surface area is 197 Å². The topological polar surface area (TPSA) is 59.9 Å². The quantitative estimate of drug-likeness (QED) is 0.301. The molecule has 3 rings (SSSR count). The van der Waals surface area contributed by atoms with Gasteiger partial charge >= 0.3 is 0 Å². The van der Waals surface area contributed by atoms with E-state index >= 15 is 0 Å². The summed E-state index contributed by atoms with van der Waals surface area (Å²) < 4.78 is 0. The second-order valence-corrected chi connectivity index (χ2v) is 8.69. The number of aliphatic imine (C=N–C) groups is 1. The van der Waals surface area contributed by atoms with Gasteiger partial charge in [-0.05, 0) is 82.7 Å². The van der Waals surface area contributed by atoms with Crippen molar-refractivity contribution in [3.63, 3.8) is 0 Å². The molecular weight excluding hydrogens is 499 g/mol. The molecule has 1 aliphatic carbocycles. The van der Waals surface area contributed by atoms with Gasteiger partial charge in [0, 0.05) is 30.2 Å². The molecule has 2 atom stereocenters. The molecule has 5 nitrogen and oxygen atoms in total. The maximum absolute atomic E-state index is 9.73. The molecule has 1 aliphatic heterocycles. The second-order valence-electron chi connectivity index (χ2n) is 8.25. The van der Waals surface area contributed by atoms with E-state index in [4.69, 9.17) is 16.6 Å². The summed E-state index contributed by atoms with van der Waals surface area (Å²) in [5.41, 5.74) is 1.29. The van der Waals surface area contributed by atoms with E-state index in [1.807, 2.05) is 12.1 Å². The number of benzene rings is 1. The third-order valence-corrected chi connectivity index (χ3v) is 6.30. The number of guanidine groups is 1. The summed E-state index contributed by atoms with van der Waals surface area (Å²) in [7, 11) is 2.21. The highest BCUT2D eigenvalue weighted by molar-refractivity contribution is 14.0. The first kappa shape index (κ1) is 24.7. The van der Waals surface area contributed by atoms with Crippen molar-refractivity contribution in [2.45, 2.75) is 63.6 Å². The monoisotopic (exact) mass is 534 g/mol. The summed E-state index contributed by atoms with van der Waals surface area (Å²) in [5, 5.41) is 17.5. The van der Waals surface area contributed by atoms with Crippen LogP contribution < -0.4 is 10.6 Å². The summed E-state index contributed by atoms with van der Waals surface area (Å²) in [4.78, 5) is 7.40. The molecule has 0 amide bonds. The van der Waals surface area contributed by atoms with Gasteiger partial charge in [-0.1, -0.05) is 23.7 Å². The van der Waals surface area contributed by atoms with Crippen molar-refractivity contribution in [1.82, 2.24) is 15.5 Å². The first-order chi connectivity index (χ1) is 13.6. The number of nitrogens with one attached hydrogen (secondary N) is 2. The maximum Gasteiger partial charge on any atom is 0.191 e. The Morgan fingerprint density at radius 3 is 2.69 bits per heavy atom. The lowest BCUT2D eigenvalue weighted by Gasteiger charge is -2.39. The Morgan fingerprint density at radius 2 is 2.00 bits per heavy atom. The highest BCUT2D eigenvalue weighted by atomic mass is 127. The van der Waals surface area contributed by atoms with Crippen LogP contribution in [-0.2, 0) is 0 Å². The largest absolute Gasteiger partial charge is 0.393 e. The Kier molecular flexibility index (Phi) is 10.5. The molecule has 164 valence electrons. The Bertz CT molecular complexity index is 651. The zero-order valence-electron chi connectivity index (χ0n) is 17.6. The molecule has 1 saturated carbocycles. The lowest BCUT2D eigenvalue weighted by molar-refractivity contribution is 0.119. The third-order valence-electron chi connectivity index (χ3n) is 6.06. The lowest BCUT2D eigenvalue weighted by Crippen LogP contribution is -2.46. The molecule has 29 heavy (non-hydrogen) atoms. The summed E-state index contributed by atoms with van der Waals surface area (Å²) in [6, 6.07) is 9.02. The molecule has 1 aromatic carbocycles. The minimum Gasteiger partial charge on any atom is -0.393 e. The van der Waals surface area contributed by atoms with E-state index in [1.54, 1.807) is 0 Å². The van der Waals surface area contributed by atoms with Crippen LogP contribution >= 0.6 is 35.6 Å². The fourth-order valence-electron chi connectivity index (χ4n) is 4.61. The van der Waals surface area contributed by atoms with Gasteiger partial charge < -0.3 is 15.7 Å². The second kappa shape index (κ2) is 12.3. The van der Waals surface area contributed by atoms with Gasteiger partial charge in [-0.25, -0.2) is 0 Å². The van der Waals surface area contributed by atoms with Crippen molar-refractivity contribution in [2.75, 3.05) is 26.7 Å². The van der Waals surface area contributed by atoms with Crippen LogP contribution in [0.25, 0.3) is 0 Å². The average molecular weight is 535 g/mol. The van der Waals surface area contributed by atoms with Crippen LogP contribution in [-0.4, -0.2) is 54.8 Å². The Hall–Kier alpha value is -0.570. The van der Waals surface area contributed by atoms with Gasteiger partial charge in [0.1, 0.15) is 0 Å². The minimum absolute atomic E-state index is 0. The van der Waals surface area contributed by atoms with Crippen LogP contribution in [0.2, 0.25) is 5.02 Å². The fourth-order valence-corrected chi connectivity index (χ4v) is 4.81. The maximum atomic E-state index is 9.73. The molecule has 0 spiro atoms. The molecule has 0 bridgehead atoms. The zero-order valence-corrected chi connectivity index (χ0v) is 20.7. The third kappa shape index (κ3) is 7.26. The predicted octanol–water partition coefficient (Wildman–Crippen LogP) is 4.20. The summed E-state index contributed by atoms with van der Waals surface area (Å²) in [5.74, 6) is 1.38. The highest BCUT2D eigenvalue weighted by Gasteiger charge is 2.30. The van der Waals surface area contributed by atoms with Crippen molar-refractivity contribution >= 4 is 41.5 Å². The molecule has 7 heteroatoms. The fraction of sp³-hybridized carbons (Fsp3) is 0.682. The van der Waals surface area contributed by atoms with E-state index in [-0.39, 0.29) is 30.1 Å². The van der Waals surface area contributed by atoms with Crippen LogP contribution in [0.3, 0.4) is 0 Å². The average Bonchev–Trinajstić information content (AvgIpc) is 2.68. The van der Waals surface area contributed by atoms with Gasteiger partial charge in [0.15, 0.2) is 5.96 Å². The van der Waals surface area contributed by atoms with E-state index in [9.17, 15) is 5.11 Å². The van der Waals surface area contributed by atoms with Gasteiger partial charge in [-0.15, -0.1) is 24.0 Å². The van der Waals surface area contributed by atoms with Crippen molar-refractivity contribution in [1.29, 1.82) is 0 Å². The molecule has 1 saturated heterocycles. The number of likely N-dealkylation sites (tertiary alicyclic amines) is 1. The van der Waals surface area contributed by atoms with Crippen molar-refractivity contribution in [3.05, 3.63) is 34.9 Å². The van der Waals surface area contributed by atoms with E-state index in [0.29, 0.717) is 18.0 Å². The van der Waals surface area contributed by atoms with Crippen LogP contribution in [0.1, 0.15) is 57.1 Å². The molecule has 3 N–H and O–H groups in total. The zero-order chi connectivity index (χ0) is 19.9. The molecular formula is C22H36ClIN4O. The SMILES string of the molecule is CCNC(=NCC1CCCN(C)C1c1cccc(Cl)c1)NC1CCC(O)CC1.I. The van der Waals surface area contributed by atoms with E-state index in [0.717, 1.165) is 56.3 Å². The summed E-state index contributed by atoms with van der Waals surface area (Å²) >= 11 is 6.26. The van der Waals surface area contributed by atoms with Crippen LogP contribution in [0.5, 0.6) is 0 Å². The first-order valence-electron chi connectivity index (χ1n) is 10.8. The van der Waals surface area contributed by atoms with Gasteiger partial charge in [0.05, 0.1) is 6.10 Å². The smallest absolute Gasteiger partial charge is 0.191 e. The molecule has 2 fully saturated rings. The number of rotatable bonds is 5. The van der Waals surface area contributed by atoms with Crippen LogP contribution in [0.15, 0.2) is 29.3 Å². The van der Waals surface area contributed by atoms with Crippen LogP contribution in [0.4, 0.5) is 0 Å². The van der Waals surface area contributed by atoms with Crippen molar-refractivity contribution in [2.24, 2.45) is 10.9 Å². The van der Waals surface area contributed by atoms with Crippen LogP contribution in [0, 0.1) is 5.92 Å². The normalized spacial score (nSPS) is 28.5. The van der Waals surface area contributed by atoms with E-state index in [2.05, 4.69) is 41.6 Å². The highest BCUT2D eigenvalue weighted by Crippen LogP contribution is 2.36. The lowest BCUT2D eigenvalue weighted by atomic mass is 9.85. The first-order valence-corrected chi connectivity index (χ1v) is 11.1. The van der Waals surface area contributed by atoms with E-state index in [1.165, 1.54) is 18.4 Å². The van der Waals surface area contributed by atoms with Gasteiger partial charge in [-0.2, -0.15) is 0 Å². The van der Waals surface area contributed by atoms with Crippen molar-refractivity contribution < 1.29 is 5.11 Å². The number of aliphatic hydroxyl groups excluding tert-OH is 1. The molecule has 1 heterocycles. The summed E-state index contributed by atoms with van der Waals surface area (Å²) in [6.45, 7) is 4.86. The number of hydrogen-bond acceptors (Lipinski definition) is 3. The van der Waals surface area contributed by atoms with Gasteiger partial charge in [0.25, 0.3) is 0 Å². The molecule has 2 unspecified atom stereocenters. The van der Waals surface area contributed by atoms with Gasteiger partial charge in [-0.3, -0.25) is 9.89 Å². The minimum atomic E-state index is -0.131. The van der Waals surface area contributed by atoms with Crippen molar-refractivity contribution in [3.8, 4) is 0 Å². The molecule has 1 aromatic rings. The van der Waals surface area contributed by atoms with E-state index < -0.39 is 0 Å². The molecule has 0 radical (unpaired) electrons. The Balaban J connectivity index is 0.00000300. The number of piperidine rings is 1. The molecule has 2 aliphatic rings. The number of aliphatic hydroxyl groups is 1. The Morgan fingerprint density at radius 1 is 1.24 bits per heavy atom. The number of nitrogens with zero attached hydrogens (tertiary/aromatic N) is 2. The standard InChI is InChI=1S/C22H35ClN4O.HI/c1-3-24-22(26-19-9-11-20(28)12-10-19)25-15-17-7-5-13-27(2)21(17)16-6-4-8-18(23)14-16;/h4,6,8,14,17,19-21,28H,3,5,7,9-13,15H2,1-2H3,(H2,24,25,26);1H. The predicted molar refractivity (Wildman–Crippen MR) is 132 cm³/mol. The summed E-state index contributed by atoms with van der Waals surface area (Å²) in [6.07, 6.45) is 6.01. The number of hydrogen-bond donors (Lipinski definition) is 3. The van der Waals surface area contributed by atoms with Gasteiger partial charge in [0.2, 0.25) is 0 Å². The molecule has 0 aromatic heterocycles. The number of halogens is 2.